The van der Waals surface area contributed by atoms with E-state index in [-0.39, 0.29) is 31.1 Å². The summed E-state index contributed by atoms with van der Waals surface area (Å²) in [6.07, 6.45) is 91.7. The van der Waals surface area contributed by atoms with E-state index < -0.39 is 6.10 Å². The third-order valence-corrected chi connectivity index (χ3v) is 15.4. The normalized spacial score (nSPS) is 12.6. The lowest BCUT2D eigenvalue weighted by molar-refractivity contribution is -0.167. The van der Waals surface area contributed by atoms with Crippen LogP contribution in [0.15, 0.2) is 85.1 Å². The van der Waals surface area contributed by atoms with Crippen LogP contribution in [0.2, 0.25) is 0 Å². The average Bonchev–Trinajstić information content (AvgIpc) is 3.47. The maximum atomic E-state index is 13.0. The van der Waals surface area contributed by atoms with Gasteiger partial charge in [-0.15, -0.1) is 0 Å². The highest BCUT2D eigenvalue weighted by atomic mass is 16.6. The molecule has 0 heterocycles. The Morgan fingerprint density at radius 2 is 0.481 bits per heavy atom. The number of carbonyl (C=O) groups is 3. The average molecular weight is 1130 g/mol. The third-order valence-electron chi connectivity index (χ3n) is 15.4. The number of rotatable bonds is 64. The Balaban J connectivity index is 4.37. The summed E-state index contributed by atoms with van der Waals surface area (Å²) in [5.41, 5.74) is 0. The number of ether oxygens (including phenoxy) is 3. The summed E-state index contributed by atoms with van der Waals surface area (Å²) in [6, 6.07) is 0. The summed E-state index contributed by atoms with van der Waals surface area (Å²) < 4.78 is 17.0. The van der Waals surface area contributed by atoms with E-state index in [0.29, 0.717) is 19.3 Å². The minimum absolute atomic E-state index is 0.0796. The van der Waals surface area contributed by atoms with Gasteiger partial charge in [0.1, 0.15) is 13.2 Å². The number of esters is 3. The van der Waals surface area contributed by atoms with Gasteiger partial charge in [-0.2, -0.15) is 0 Å². The van der Waals surface area contributed by atoms with Crippen molar-refractivity contribution in [3.8, 4) is 0 Å². The lowest BCUT2D eigenvalue weighted by atomic mass is 10.0. The Morgan fingerprint density at radius 1 is 0.259 bits per heavy atom. The van der Waals surface area contributed by atoms with Gasteiger partial charge >= 0.3 is 17.9 Å². The first-order valence-corrected chi connectivity index (χ1v) is 35.1. The number of hydrogen-bond acceptors (Lipinski definition) is 6. The maximum absolute atomic E-state index is 13.0. The van der Waals surface area contributed by atoms with Crippen molar-refractivity contribution in [2.75, 3.05) is 13.2 Å². The van der Waals surface area contributed by atoms with Crippen molar-refractivity contribution in [1.29, 1.82) is 0 Å². The molecular formula is C75H132O6. The molecular weight excluding hydrogens is 997 g/mol. The van der Waals surface area contributed by atoms with E-state index >= 15 is 0 Å². The van der Waals surface area contributed by atoms with Crippen LogP contribution in [-0.4, -0.2) is 37.2 Å². The molecule has 1 unspecified atom stereocenters. The van der Waals surface area contributed by atoms with E-state index in [2.05, 4.69) is 106 Å². The largest absolute Gasteiger partial charge is 0.462 e. The smallest absolute Gasteiger partial charge is 0.306 e. The van der Waals surface area contributed by atoms with E-state index in [9.17, 15) is 14.4 Å². The van der Waals surface area contributed by atoms with Crippen LogP contribution in [0.4, 0.5) is 0 Å². The number of carbonyl (C=O) groups excluding carboxylic acids is 3. The van der Waals surface area contributed by atoms with E-state index in [0.717, 1.165) is 96.3 Å². The molecule has 0 aliphatic carbocycles. The van der Waals surface area contributed by atoms with Crippen LogP contribution in [-0.2, 0) is 28.6 Å². The molecule has 0 spiro atoms. The molecule has 0 saturated carbocycles. The molecule has 0 radical (unpaired) electrons. The third kappa shape index (κ3) is 67.3. The first-order chi connectivity index (χ1) is 40.0. The predicted molar refractivity (Wildman–Crippen MR) is 353 cm³/mol. The van der Waals surface area contributed by atoms with Crippen molar-refractivity contribution in [3.05, 3.63) is 85.1 Å². The van der Waals surface area contributed by atoms with Crippen LogP contribution in [0, 0.1) is 0 Å². The van der Waals surface area contributed by atoms with Gasteiger partial charge in [-0.25, -0.2) is 0 Å². The Bertz CT molecular complexity index is 1530. The Labute approximate surface area is 503 Å². The van der Waals surface area contributed by atoms with Gasteiger partial charge < -0.3 is 14.2 Å². The van der Waals surface area contributed by atoms with Gasteiger partial charge in [0.15, 0.2) is 6.10 Å². The van der Waals surface area contributed by atoms with Crippen molar-refractivity contribution in [2.24, 2.45) is 0 Å². The molecule has 468 valence electrons. The van der Waals surface area contributed by atoms with Crippen molar-refractivity contribution >= 4 is 17.9 Å². The van der Waals surface area contributed by atoms with Crippen molar-refractivity contribution in [1.82, 2.24) is 0 Å². The second kappa shape index (κ2) is 69.1. The molecule has 6 nitrogen and oxygen atoms in total. The van der Waals surface area contributed by atoms with Crippen LogP contribution < -0.4 is 0 Å². The summed E-state index contributed by atoms with van der Waals surface area (Å²) >= 11 is 0. The highest BCUT2D eigenvalue weighted by Gasteiger charge is 2.19. The van der Waals surface area contributed by atoms with Crippen LogP contribution in [0.1, 0.15) is 355 Å². The first-order valence-electron chi connectivity index (χ1n) is 35.1. The SMILES string of the molecule is CC/C=C\C/C=C\C/C=C\C/C=C\CCCCCCCCCCC(=O)OC(COC(=O)CCCCCCCCCCC/C=C\C/C=C\CCCCC)COC(=O)CCCCCCCCCCCCC/C=C\CCCCCCCCCC. The monoisotopic (exact) mass is 1130 g/mol. The van der Waals surface area contributed by atoms with Gasteiger partial charge in [0.2, 0.25) is 0 Å². The summed E-state index contributed by atoms with van der Waals surface area (Å²) in [4.78, 5) is 38.5. The summed E-state index contributed by atoms with van der Waals surface area (Å²) in [5.74, 6) is -0.875. The molecule has 0 amide bonds. The molecule has 81 heavy (non-hydrogen) atoms. The fraction of sp³-hybridized carbons (Fsp3) is 0.773. The lowest BCUT2D eigenvalue weighted by Gasteiger charge is -2.18. The van der Waals surface area contributed by atoms with Crippen LogP contribution >= 0.6 is 0 Å². The zero-order valence-electron chi connectivity index (χ0n) is 53.8. The zero-order valence-corrected chi connectivity index (χ0v) is 53.8. The molecule has 0 aliphatic rings. The quantitative estimate of drug-likeness (QED) is 0.0261. The van der Waals surface area contributed by atoms with E-state index in [4.69, 9.17) is 14.2 Å². The second-order valence-electron chi connectivity index (χ2n) is 23.4. The molecule has 6 heteroatoms. The Morgan fingerprint density at radius 3 is 0.790 bits per heavy atom. The number of unbranched alkanes of at least 4 members (excludes halogenated alkanes) is 39. The molecule has 0 aromatic heterocycles. The van der Waals surface area contributed by atoms with Crippen molar-refractivity contribution in [3.63, 3.8) is 0 Å². The first kappa shape index (κ1) is 77.6. The fourth-order valence-corrected chi connectivity index (χ4v) is 10.1. The van der Waals surface area contributed by atoms with Gasteiger partial charge in [0.05, 0.1) is 0 Å². The molecule has 0 aromatic carbocycles. The van der Waals surface area contributed by atoms with Gasteiger partial charge in [-0.1, -0.05) is 305 Å². The van der Waals surface area contributed by atoms with Crippen LogP contribution in [0.5, 0.6) is 0 Å². The van der Waals surface area contributed by atoms with Gasteiger partial charge in [-0.3, -0.25) is 14.4 Å². The summed E-state index contributed by atoms with van der Waals surface area (Å²) in [5, 5.41) is 0. The van der Waals surface area contributed by atoms with E-state index in [1.54, 1.807) is 0 Å². The highest BCUT2D eigenvalue weighted by molar-refractivity contribution is 5.71. The molecule has 0 rings (SSSR count). The van der Waals surface area contributed by atoms with Gasteiger partial charge in [-0.05, 0) is 116 Å². The lowest BCUT2D eigenvalue weighted by Crippen LogP contribution is -2.30. The number of allylic oxidation sites excluding steroid dienone is 14. The van der Waals surface area contributed by atoms with Gasteiger partial charge in [0, 0.05) is 19.3 Å². The summed E-state index contributed by atoms with van der Waals surface area (Å²) in [7, 11) is 0. The van der Waals surface area contributed by atoms with Crippen molar-refractivity contribution in [2.45, 2.75) is 361 Å². The Hall–Kier alpha value is -3.41. The van der Waals surface area contributed by atoms with Crippen LogP contribution in [0.25, 0.3) is 0 Å². The molecule has 0 bridgehead atoms. The molecule has 0 N–H and O–H groups in total. The van der Waals surface area contributed by atoms with E-state index in [1.807, 2.05) is 0 Å². The highest BCUT2D eigenvalue weighted by Crippen LogP contribution is 2.17. The Kier molecular flexibility index (Phi) is 66.2. The van der Waals surface area contributed by atoms with Crippen LogP contribution in [0.3, 0.4) is 0 Å². The molecule has 0 aromatic rings. The fourth-order valence-electron chi connectivity index (χ4n) is 10.1. The maximum Gasteiger partial charge on any atom is 0.306 e. The van der Waals surface area contributed by atoms with E-state index in [1.165, 1.54) is 218 Å². The standard InChI is InChI=1S/C75H132O6/c1-4-7-10-13-16-19-22-25-28-31-34-36-37-39-41-44-47-50-53-56-59-62-65-68-74(77)80-71-72(70-79-73(76)67-64-61-58-55-52-49-46-43-40-33-30-27-24-21-18-15-12-9-6-3)81-75(78)69-66-63-60-57-54-51-48-45-42-38-35-32-29-26-23-20-17-14-11-8-5-2/h8,11,17-18,20-21,26-27,29-31,34-35,38,72H,4-7,9-10,12-16,19,22-25,28,32-33,36-37,39-71H2,1-3H3/b11-8-,20-17-,21-18-,29-26-,30-27-,34-31-,38-35-. The van der Waals surface area contributed by atoms with Crippen molar-refractivity contribution < 1.29 is 28.6 Å². The predicted octanol–water partition coefficient (Wildman–Crippen LogP) is 24.2. The molecule has 0 aliphatic heterocycles. The molecule has 1 atom stereocenters. The number of hydrogen-bond donors (Lipinski definition) is 0. The second-order valence-corrected chi connectivity index (χ2v) is 23.4. The molecule has 0 saturated heterocycles. The molecule has 0 fully saturated rings. The summed E-state index contributed by atoms with van der Waals surface area (Å²) in [6.45, 7) is 6.54. The minimum atomic E-state index is -0.786. The van der Waals surface area contributed by atoms with Gasteiger partial charge in [0.25, 0.3) is 0 Å². The minimum Gasteiger partial charge on any atom is -0.462 e. The topological polar surface area (TPSA) is 78.9 Å². The zero-order chi connectivity index (χ0) is 58.5.